The van der Waals surface area contributed by atoms with Crippen LogP contribution in [0.1, 0.15) is 18.3 Å². The molecule has 1 atom stereocenters. The molecule has 0 saturated carbocycles. The van der Waals surface area contributed by atoms with Crippen LogP contribution >= 0.6 is 15.9 Å². The van der Waals surface area contributed by atoms with Crippen molar-refractivity contribution in [2.24, 2.45) is 5.92 Å². The Balaban J connectivity index is 2.87. The number of aryl methyl sites for hydroxylation is 1. The van der Waals surface area contributed by atoms with Gasteiger partial charge in [-0.2, -0.15) is 5.10 Å². The third kappa shape index (κ3) is 2.15. The van der Waals surface area contributed by atoms with Gasteiger partial charge in [0.15, 0.2) is 0 Å². The van der Waals surface area contributed by atoms with Crippen molar-refractivity contribution in [2.45, 2.75) is 27.3 Å². The van der Waals surface area contributed by atoms with Gasteiger partial charge >= 0.3 is 0 Å². The average Bonchev–Trinajstić information content (AvgIpc) is 2.33. The number of hydrogen-bond acceptors (Lipinski definition) is 3. The number of nitrogens with zero attached hydrogens (tertiary/aromatic N) is 2. The minimum atomic E-state index is -1.05. The molecule has 0 fully saturated rings. The second-order valence-corrected chi connectivity index (χ2v) is 4.18. The van der Waals surface area contributed by atoms with Crippen molar-refractivity contribution in [1.29, 1.82) is 0 Å². The lowest BCUT2D eigenvalue weighted by atomic mass is 10.2. The molecule has 1 heterocycles. The number of carbonyl (C=O) groups excluding carboxylic acids is 1. The summed E-state index contributed by atoms with van der Waals surface area (Å²) in [6.45, 7) is 5.73. The number of hydrogen-bond donors (Lipinski definition) is 0. The fraction of sp³-hybridized carbons (Fsp3) is 0.556. The summed E-state index contributed by atoms with van der Waals surface area (Å²) in [5.41, 5.74) is 1.81. The first-order chi connectivity index (χ1) is 6.43. The molecule has 0 spiro atoms. The predicted molar refractivity (Wildman–Crippen MR) is 53.6 cm³/mol. The van der Waals surface area contributed by atoms with Crippen LogP contribution in [0.25, 0.3) is 0 Å². The molecule has 0 aliphatic rings. The summed E-state index contributed by atoms with van der Waals surface area (Å²) in [5, 5.41) is 14.8. The van der Waals surface area contributed by atoms with Crippen molar-refractivity contribution < 1.29 is 9.90 Å². The largest absolute Gasteiger partial charge is 0.550 e. The molecule has 0 saturated heterocycles. The molecule has 0 amide bonds. The summed E-state index contributed by atoms with van der Waals surface area (Å²) in [4.78, 5) is 10.5. The highest BCUT2D eigenvalue weighted by Crippen LogP contribution is 2.20. The number of aliphatic carboxylic acids is 1. The zero-order valence-electron chi connectivity index (χ0n) is 8.37. The van der Waals surface area contributed by atoms with Crippen molar-refractivity contribution in [3.05, 3.63) is 15.9 Å². The summed E-state index contributed by atoms with van der Waals surface area (Å²) in [6, 6.07) is 0. The van der Waals surface area contributed by atoms with E-state index in [2.05, 4.69) is 21.0 Å². The fourth-order valence-electron chi connectivity index (χ4n) is 1.19. The Morgan fingerprint density at radius 1 is 1.64 bits per heavy atom. The van der Waals surface area contributed by atoms with Gasteiger partial charge in [-0.15, -0.1) is 0 Å². The van der Waals surface area contributed by atoms with E-state index in [1.165, 1.54) is 0 Å². The summed E-state index contributed by atoms with van der Waals surface area (Å²) >= 11 is 3.38. The van der Waals surface area contributed by atoms with Crippen LogP contribution in [-0.4, -0.2) is 15.7 Å². The van der Waals surface area contributed by atoms with Gasteiger partial charge in [0.2, 0.25) is 0 Å². The Hall–Kier alpha value is -0.840. The molecule has 1 aromatic heterocycles. The highest BCUT2D eigenvalue weighted by molar-refractivity contribution is 9.10. The fourth-order valence-corrected chi connectivity index (χ4v) is 1.47. The molecule has 1 rings (SSSR count). The molecule has 0 bridgehead atoms. The van der Waals surface area contributed by atoms with Crippen LogP contribution in [0, 0.1) is 19.8 Å². The summed E-state index contributed by atoms with van der Waals surface area (Å²) in [6.07, 6.45) is 0. The SMILES string of the molecule is Cc1nn(C[C@H](C)C(=O)[O-])c(C)c1Br. The highest BCUT2D eigenvalue weighted by Gasteiger charge is 2.11. The lowest BCUT2D eigenvalue weighted by molar-refractivity contribution is -0.311. The number of carboxylic acids is 1. The van der Waals surface area contributed by atoms with E-state index in [4.69, 9.17) is 0 Å². The van der Waals surface area contributed by atoms with E-state index >= 15 is 0 Å². The maximum absolute atomic E-state index is 10.5. The highest BCUT2D eigenvalue weighted by atomic mass is 79.9. The maximum atomic E-state index is 10.5. The van der Waals surface area contributed by atoms with Gasteiger partial charge in [-0.3, -0.25) is 4.68 Å². The molecule has 0 aliphatic heterocycles. The van der Waals surface area contributed by atoms with E-state index in [1.807, 2.05) is 13.8 Å². The monoisotopic (exact) mass is 259 g/mol. The smallest absolute Gasteiger partial charge is 0.0738 e. The van der Waals surface area contributed by atoms with Gasteiger partial charge in [0.25, 0.3) is 0 Å². The third-order valence-electron chi connectivity index (χ3n) is 2.14. The Kier molecular flexibility index (Phi) is 3.31. The van der Waals surface area contributed by atoms with Crippen LogP contribution in [0.15, 0.2) is 4.47 Å². The average molecular weight is 260 g/mol. The molecule has 0 aliphatic carbocycles. The van der Waals surface area contributed by atoms with Gasteiger partial charge in [0.05, 0.1) is 10.2 Å². The van der Waals surface area contributed by atoms with E-state index in [9.17, 15) is 9.90 Å². The lowest BCUT2D eigenvalue weighted by Gasteiger charge is -2.13. The van der Waals surface area contributed by atoms with Crippen molar-refractivity contribution in [3.8, 4) is 0 Å². The number of carboxylic acid groups (broad SMARTS) is 1. The minimum Gasteiger partial charge on any atom is -0.550 e. The van der Waals surface area contributed by atoms with Gasteiger partial charge in [-0.25, -0.2) is 0 Å². The second-order valence-electron chi connectivity index (χ2n) is 3.39. The van der Waals surface area contributed by atoms with Gasteiger partial charge in [-0.1, -0.05) is 6.92 Å². The molecular weight excluding hydrogens is 248 g/mol. The van der Waals surface area contributed by atoms with E-state index in [0.29, 0.717) is 6.54 Å². The molecule has 4 nitrogen and oxygen atoms in total. The molecule has 14 heavy (non-hydrogen) atoms. The number of carbonyl (C=O) groups is 1. The first-order valence-electron chi connectivity index (χ1n) is 4.33. The normalized spacial score (nSPS) is 12.9. The number of aromatic nitrogens is 2. The zero-order valence-corrected chi connectivity index (χ0v) is 9.96. The zero-order chi connectivity index (χ0) is 10.9. The molecule has 0 radical (unpaired) electrons. The van der Waals surface area contributed by atoms with Crippen molar-refractivity contribution in [1.82, 2.24) is 9.78 Å². The van der Waals surface area contributed by atoms with Crippen LogP contribution in [0.4, 0.5) is 0 Å². The molecule has 0 N–H and O–H groups in total. The Morgan fingerprint density at radius 2 is 2.21 bits per heavy atom. The first-order valence-corrected chi connectivity index (χ1v) is 5.13. The molecule has 1 aromatic rings. The summed E-state index contributed by atoms with van der Waals surface area (Å²) in [7, 11) is 0. The van der Waals surface area contributed by atoms with E-state index < -0.39 is 11.9 Å². The molecule has 0 aromatic carbocycles. The Labute approximate surface area is 91.1 Å². The quantitative estimate of drug-likeness (QED) is 0.801. The number of halogens is 1. The predicted octanol–water partition coefficient (Wildman–Crippen LogP) is 0.648. The molecular formula is C9H12BrN2O2-. The van der Waals surface area contributed by atoms with Gasteiger partial charge in [-0.05, 0) is 29.8 Å². The van der Waals surface area contributed by atoms with Gasteiger partial charge < -0.3 is 9.90 Å². The first kappa shape index (κ1) is 11.2. The van der Waals surface area contributed by atoms with Gasteiger partial charge in [0, 0.05) is 24.1 Å². The minimum absolute atomic E-state index is 0.348. The van der Waals surface area contributed by atoms with Crippen molar-refractivity contribution >= 4 is 21.9 Å². The Morgan fingerprint density at radius 3 is 2.57 bits per heavy atom. The van der Waals surface area contributed by atoms with Crippen LogP contribution in [0.3, 0.4) is 0 Å². The van der Waals surface area contributed by atoms with Crippen LogP contribution in [-0.2, 0) is 11.3 Å². The maximum Gasteiger partial charge on any atom is 0.0738 e. The van der Waals surface area contributed by atoms with E-state index in [-0.39, 0.29) is 0 Å². The Bertz CT molecular complexity index is 360. The standard InChI is InChI=1S/C9H13BrN2O2/c1-5(9(13)14)4-12-7(3)8(10)6(2)11-12/h5H,4H2,1-3H3,(H,13,14)/p-1/t5-/m0/s1. The number of rotatable bonds is 3. The second kappa shape index (κ2) is 4.13. The molecule has 0 unspecified atom stereocenters. The summed E-state index contributed by atoms with van der Waals surface area (Å²) in [5.74, 6) is -1.58. The topological polar surface area (TPSA) is 58.0 Å². The lowest BCUT2D eigenvalue weighted by Crippen LogP contribution is -2.32. The van der Waals surface area contributed by atoms with E-state index in [0.717, 1.165) is 15.9 Å². The van der Waals surface area contributed by atoms with Crippen LogP contribution in [0.2, 0.25) is 0 Å². The molecule has 5 heteroatoms. The van der Waals surface area contributed by atoms with E-state index in [1.54, 1.807) is 11.6 Å². The van der Waals surface area contributed by atoms with Gasteiger partial charge in [0.1, 0.15) is 0 Å². The van der Waals surface area contributed by atoms with Crippen molar-refractivity contribution in [3.63, 3.8) is 0 Å². The van der Waals surface area contributed by atoms with Crippen LogP contribution < -0.4 is 5.11 Å². The summed E-state index contributed by atoms with van der Waals surface area (Å²) < 4.78 is 2.61. The third-order valence-corrected chi connectivity index (χ3v) is 3.29. The van der Waals surface area contributed by atoms with Crippen LogP contribution in [0.5, 0.6) is 0 Å². The molecule has 78 valence electrons. The van der Waals surface area contributed by atoms with Crippen molar-refractivity contribution in [2.75, 3.05) is 0 Å².